The van der Waals surface area contributed by atoms with Gasteiger partial charge in [0, 0.05) is 17.8 Å². The molecule has 19 heavy (non-hydrogen) atoms. The van der Waals surface area contributed by atoms with E-state index in [-0.39, 0.29) is 11.3 Å². The highest BCUT2D eigenvalue weighted by Crippen LogP contribution is 2.48. The molecule has 2 atom stereocenters. The van der Waals surface area contributed by atoms with E-state index < -0.39 is 0 Å². The summed E-state index contributed by atoms with van der Waals surface area (Å²) in [6.07, 6.45) is 4.81. The van der Waals surface area contributed by atoms with Crippen LogP contribution in [-0.2, 0) is 16.6 Å². The fourth-order valence-electron chi connectivity index (χ4n) is 3.70. The zero-order chi connectivity index (χ0) is 13.6. The molecule has 0 N–H and O–H groups in total. The van der Waals surface area contributed by atoms with Crippen molar-refractivity contribution >= 4 is 5.78 Å². The molecule has 0 bridgehead atoms. The average molecular weight is 256 g/mol. The van der Waals surface area contributed by atoms with Gasteiger partial charge in [-0.15, -0.1) is 0 Å². The normalized spacial score (nSPS) is 29.3. The Hall–Kier alpha value is -1.57. The molecule has 0 heterocycles. The number of benzene rings is 1. The van der Waals surface area contributed by atoms with E-state index in [0.717, 1.165) is 18.6 Å². The predicted molar refractivity (Wildman–Crippen MR) is 75.5 cm³/mol. The first-order valence-electron chi connectivity index (χ1n) is 6.97. The minimum atomic E-state index is 0.0349. The van der Waals surface area contributed by atoms with Crippen molar-refractivity contribution in [2.75, 3.05) is 7.11 Å². The van der Waals surface area contributed by atoms with Crippen LogP contribution in [0.3, 0.4) is 0 Å². The van der Waals surface area contributed by atoms with Crippen molar-refractivity contribution in [3.8, 4) is 5.75 Å². The second-order valence-corrected chi connectivity index (χ2v) is 5.91. The Balaban J connectivity index is 2.10. The zero-order valence-corrected chi connectivity index (χ0v) is 11.8. The van der Waals surface area contributed by atoms with Crippen molar-refractivity contribution in [2.45, 2.75) is 38.5 Å². The summed E-state index contributed by atoms with van der Waals surface area (Å²) in [7, 11) is 1.70. The number of ether oxygens (including phenoxy) is 1. The molecule has 1 aromatic carbocycles. The van der Waals surface area contributed by atoms with E-state index in [2.05, 4.69) is 32.1 Å². The van der Waals surface area contributed by atoms with E-state index in [9.17, 15) is 4.79 Å². The molecule has 2 aliphatic rings. The van der Waals surface area contributed by atoms with Crippen LogP contribution < -0.4 is 4.74 Å². The van der Waals surface area contributed by atoms with Crippen LogP contribution in [0, 0.1) is 5.92 Å². The Morgan fingerprint density at radius 1 is 1.37 bits per heavy atom. The topological polar surface area (TPSA) is 26.3 Å². The van der Waals surface area contributed by atoms with Gasteiger partial charge in [-0.05, 0) is 36.1 Å². The van der Waals surface area contributed by atoms with Crippen LogP contribution in [0.15, 0.2) is 29.8 Å². The molecule has 2 nitrogen and oxygen atoms in total. The second kappa shape index (κ2) is 4.22. The molecule has 0 spiro atoms. The molecule has 0 aliphatic heterocycles. The largest absolute Gasteiger partial charge is 0.497 e. The molecular weight excluding hydrogens is 236 g/mol. The maximum atomic E-state index is 11.9. The van der Waals surface area contributed by atoms with Crippen molar-refractivity contribution < 1.29 is 9.53 Å². The van der Waals surface area contributed by atoms with E-state index in [1.54, 1.807) is 7.11 Å². The average Bonchev–Trinajstić information content (AvgIpc) is 2.43. The third-order valence-corrected chi connectivity index (χ3v) is 4.91. The lowest BCUT2D eigenvalue weighted by atomic mass is 9.60. The van der Waals surface area contributed by atoms with Crippen molar-refractivity contribution in [2.24, 2.45) is 5.92 Å². The van der Waals surface area contributed by atoms with Crippen LogP contribution in [0.5, 0.6) is 5.75 Å². The smallest absolute Gasteiger partial charge is 0.139 e. The number of carbonyl (C=O) groups is 1. The third-order valence-electron chi connectivity index (χ3n) is 4.91. The summed E-state index contributed by atoms with van der Waals surface area (Å²) in [5, 5.41) is 0. The van der Waals surface area contributed by atoms with Crippen LogP contribution in [0.4, 0.5) is 0 Å². The number of ketones is 1. The fraction of sp³-hybridized carbons (Fsp3) is 0.471. The molecule has 0 amide bonds. The summed E-state index contributed by atoms with van der Waals surface area (Å²) in [6, 6.07) is 6.35. The minimum absolute atomic E-state index is 0.0349. The van der Waals surface area contributed by atoms with E-state index >= 15 is 0 Å². The van der Waals surface area contributed by atoms with Gasteiger partial charge in [0.25, 0.3) is 0 Å². The zero-order valence-electron chi connectivity index (χ0n) is 11.8. The molecule has 2 unspecified atom stereocenters. The molecule has 0 saturated heterocycles. The summed E-state index contributed by atoms with van der Waals surface area (Å²) < 4.78 is 5.31. The number of hydrogen-bond donors (Lipinski definition) is 0. The molecular formula is C17H20O2. The number of rotatable bonds is 1. The maximum Gasteiger partial charge on any atom is 0.139 e. The van der Waals surface area contributed by atoms with Crippen LogP contribution in [0.25, 0.3) is 0 Å². The van der Waals surface area contributed by atoms with Gasteiger partial charge in [0.15, 0.2) is 0 Å². The summed E-state index contributed by atoms with van der Waals surface area (Å²) in [5.74, 6) is 1.38. The van der Waals surface area contributed by atoms with Crippen molar-refractivity contribution in [3.05, 3.63) is 41.0 Å². The monoisotopic (exact) mass is 256 g/mol. The van der Waals surface area contributed by atoms with Gasteiger partial charge in [-0.2, -0.15) is 0 Å². The lowest BCUT2D eigenvalue weighted by Crippen LogP contribution is -2.39. The molecule has 1 fully saturated rings. The Morgan fingerprint density at radius 3 is 2.89 bits per heavy atom. The first kappa shape index (κ1) is 12.5. The minimum Gasteiger partial charge on any atom is -0.497 e. The van der Waals surface area contributed by atoms with E-state index in [1.165, 1.54) is 16.7 Å². The number of allylic oxidation sites excluding steroid dienone is 2. The molecule has 100 valence electrons. The van der Waals surface area contributed by atoms with Gasteiger partial charge in [0.05, 0.1) is 7.11 Å². The molecule has 2 aliphatic carbocycles. The Labute approximate surface area is 114 Å². The highest BCUT2D eigenvalue weighted by atomic mass is 16.5. The second-order valence-electron chi connectivity index (χ2n) is 5.91. The summed E-state index contributed by atoms with van der Waals surface area (Å²) in [6.45, 7) is 4.34. The highest BCUT2D eigenvalue weighted by molar-refractivity contribution is 5.86. The quantitative estimate of drug-likeness (QED) is 0.719. The first-order chi connectivity index (χ1) is 9.06. The maximum absolute atomic E-state index is 11.9. The SMILES string of the molecule is COc1ccc2c(c1)CC=C1C(C)C(=O)CCC12C. The van der Waals surface area contributed by atoms with E-state index in [0.29, 0.717) is 12.2 Å². The molecule has 1 saturated carbocycles. The third kappa shape index (κ3) is 1.73. The van der Waals surface area contributed by atoms with Crippen molar-refractivity contribution in [1.29, 1.82) is 0 Å². The van der Waals surface area contributed by atoms with Crippen LogP contribution in [-0.4, -0.2) is 12.9 Å². The first-order valence-corrected chi connectivity index (χ1v) is 6.97. The van der Waals surface area contributed by atoms with Crippen LogP contribution >= 0.6 is 0 Å². The molecule has 0 aromatic heterocycles. The van der Waals surface area contributed by atoms with Crippen molar-refractivity contribution in [3.63, 3.8) is 0 Å². The number of carbonyl (C=O) groups excluding carboxylic acids is 1. The van der Waals surface area contributed by atoms with Gasteiger partial charge < -0.3 is 4.74 Å². The number of Topliss-reactive ketones (excluding diaryl/α,β-unsaturated/α-hetero) is 1. The van der Waals surface area contributed by atoms with Gasteiger partial charge in [-0.25, -0.2) is 0 Å². The van der Waals surface area contributed by atoms with E-state index in [4.69, 9.17) is 4.74 Å². The molecule has 1 aromatic rings. The Morgan fingerprint density at radius 2 is 2.16 bits per heavy atom. The lowest BCUT2D eigenvalue weighted by Gasteiger charge is -2.43. The summed E-state index contributed by atoms with van der Waals surface area (Å²) in [4.78, 5) is 11.9. The molecule has 0 radical (unpaired) electrons. The van der Waals surface area contributed by atoms with Crippen LogP contribution in [0.1, 0.15) is 37.8 Å². The molecule has 2 heteroatoms. The predicted octanol–water partition coefficient (Wildman–Crippen LogP) is 3.43. The van der Waals surface area contributed by atoms with Gasteiger partial charge in [0.1, 0.15) is 11.5 Å². The Kier molecular flexibility index (Phi) is 2.77. The fourth-order valence-corrected chi connectivity index (χ4v) is 3.70. The van der Waals surface area contributed by atoms with Crippen molar-refractivity contribution in [1.82, 2.24) is 0 Å². The molecule has 3 rings (SSSR count). The number of methoxy groups -OCH3 is 1. The summed E-state index contributed by atoms with van der Waals surface area (Å²) in [5.41, 5.74) is 4.08. The van der Waals surface area contributed by atoms with Gasteiger partial charge in [-0.1, -0.05) is 31.6 Å². The highest BCUT2D eigenvalue weighted by Gasteiger charge is 2.43. The van der Waals surface area contributed by atoms with Gasteiger partial charge in [-0.3, -0.25) is 4.79 Å². The van der Waals surface area contributed by atoms with Crippen LogP contribution in [0.2, 0.25) is 0 Å². The van der Waals surface area contributed by atoms with Gasteiger partial charge in [0.2, 0.25) is 0 Å². The summed E-state index contributed by atoms with van der Waals surface area (Å²) >= 11 is 0. The van der Waals surface area contributed by atoms with E-state index in [1.807, 2.05) is 6.07 Å². The number of hydrogen-bond acceptors (Lipinski definition) is 2. The number of fused-ring (bicyclic) bond motifs is 3. The standard InChI is InChI=1S/C17H20O2/c1-11-14-6-4-12-10-13(19-3)5-7-15(12)17(14,2)9-8-16(11)18/h5-7,10-11H,4,8-9H2,1-3H3. The Bertz CT molecular complexity index is 571. The lowest BCUT2D eigenvalue weighted by molar-refractivity contribution is -0.123. The van der Waals surface area contributed by atoms with Gasteiger partial charge >= 0.3 is 0 Å².